The molecule has 3 rings (SSSR count). The van der Waals surface area contributed by atoms with E-state index in [-0.39, 0.29) is 17.9 Å². The molecule has 2 aromatic rings. The van der Waals surface area contributed by atoms with Crippen LogP contribution in [0.15, 0.2) is 40.9 Å². The van der Waals surface area contributed by atoms with E-state index in [9.17, 15) is 4.79 Å². The lowest BCUT2D eigenvalue weighted by Crippen LogP contribution is -2.25. The highest BCUT2D eigenvalue weighted by Crippen LogP contribution is 2.38. The Kier molecular flexibility index (Phi) is 4.11. The van der Waals surface area contributed by atoms with Crippen molar-refractivity contribution in [2.75, 3.05) is 11.9 Å². The van der Waals surface area contributed by atoms with Crippen molar-refractivity contribution >= 4 is 50.7 Å². The van der Waals surface area contributed by atoms with Gasteiger partial charge in [0.2, 0.25) is 0 Å². The van der Waals surface area contributed by atoms with Crippen molar-refractivity contribution < 1.29 is 9.53 Å². The Balaban J connectivity index is 1.96. The van der Waals surface area contributed by atoms with Crippen LogP contribution in [0.3, 0.4) is 0 Å². The van der Waals surface area contributed by atoms with Gasteiger partial charge in [0.25, 0.3) is 5.91 Å². The van der Waals surface area contributed by atoms with Gasteiger partial charge in [-0.05, 0) is 35.4 Å². The van der Waals surface area contributed by atoms with Crippen LogP contribution in [0, 0.1) is 0 Å². The summed E-state index contributed by atoms with van der Waals surface area (Å²) in [6, 6.07) is 11.0. The Bertz CT molecular complexity index is 721. The van der Waals surface area contributed by atoms with Crippen LogP contribution in [0.2, 0.25) is 5.02 Å². The summed E-state index contributed by atoms with van der Waals surface area (Å²) in [4.78, 5) is 11.4. The molecule has 1 atom stereocenters. The van der Waals surface area contributed by atoms with Gasteiger partial charge in [0.15, 0.2) is 6.61 Å². The molecule has 3 nitrogen and oxygen atoms in total. The molecule has 6 heteroatoms. The number of amides is 1. The third-order valence-electron chi connectivity index (χ3n) is 3.16. The number of carbonyl (C=O) groups is 1. The minimum Gasteiger partial charge on any atom is -0.482 e. The molecule has 0 aromatic heterocycles. The summed E-state index contributed by atoms with van der Waals surface area (Å²) >= 11 is 15.9. The number of rotatable bonds is 2. The van der Waals surface area contributed by atoms with E-state index in [2.05, 4.69) is 21.2 Å². The lowest BCUT2D eigenvalue weighted by atomic mass is 10.0. The topological polar surface area (TPSA) is 38.3 Å². The Morgan fingerprint density at radius 1 is 1.24 bits per heavy atom. The van der Waals surface area contributed by atoms with Gasteiger partial charge < -0.3 is 10.1 Å². The summed E-state index contributed by atoms with van der Waals surface area (Å²) in [6.45, 7) is 0.0411. The smallest absolute Gasteiger partial charge is 0.262 e. The SMILES string of the molecule is O=C1COc2ccc(C(Cl)c3ccc(Cl)cc3Br)cc2N1. The van der Waals surface area contributed by atoms with Gasteiger partial charge in [-0.2, -0.15) is 0 Å². The number of nitrogens with one attached hydrogen (secondary N) is 1. The summed E-state index contributed by atoms with van der Waals surface area (Å²) < 4.78 is 6.17. The molecule has 0 fully saturated rings. The molecule has 1 amide bonds. The van der Waals surface area contributed by atoms with Crippen LogP contribution in [-0.2, 0) is 4.79 Å². The van der Waals surface area contributed by atoms with Crippen molar-refractivity contribution in [3.8, 4) is 5.75 Å². The van der Waals surface area contributed by atoms with E-state index in [1.807, 2.05) is 24.3 Å². The normalized spacial score (nSPS) is 14.9. The van der Waals surface area contributed by atoms with Crippen LogP contribution in [0.5, 0.6) is 5.75 Å². The molecule has 108 valence electrons. The molecule has 2 aromatic carbocycles. The predicted molar refractivity (Wildman–Crippen MR) is 87.4 cm³/mol. The quantitative estimate of drug-likeness (QED) is 0.755. The molecule has 1 N–H and O–H groups in total. The van der Waals surface area contributed by atoms with E-state index in [1.165, 1.54) is 0 Å². The first-order valence-corrected chi connectivity index (χ1v) is 7.81. The first-order chi connectivity index (χ1) is 10.0. The summed E-state index contributed by atoms with van der Waals surface area (Å²) in [5.41, 5.74) is 2.41. The Morgan fingerprint density at radius 2 is 2.05 bits per heavy atom. The largest absolute Gasteiger partial charge is 0.482 e. The zero-order valence-electron chi connectivity index (χ0n) is 10.7. The van der Waals surface area contributed by atoms with Gasteiger partial charge in [0.05, 0.1) is 11.1 Å². The minimum absolute atomic E-state index is 0.0411. The van der Waals surface area contributed by atoms with Crippen LogP contribution in [-0.4, -0.2) is 12.5 Å². The molecular formula is C15H10BrCl2NO2. The lowest BCUT2D eigenvalue weighted by Gasteiger charge is -2.20. The highest BCUT2D eigenvalue weighted by Gasteiger charge is 2.20. The minimum atomic E-state index is -0.360. The van der Waals surface area contributed by atoms with Gasteiger partial charge >= 0.3 is 0 Å². The average molecular weight is 387 g/mol. The first-order valence-electron chi connectivity index (χ1n) is 6.20. The van der Waals surface area contributed by atoms with Crippen molar-refractivity contribution in [3.63, 3.8) is 0 Å². The molecule has 0 radical (unpaired) electrons. The van der Waals surface area contributed by atoms with E-state index in [0.29, 0.717) is 16.5 Å². The van der Waals surface area contributed by atoms with Gasteiger partial charge in [0.1, 0.15) is 5.75 Å². The monoisotopic (exact) mass is 385 g/mol. The van der Waals surface area contributed by atoms with Crippen molar-refractivity contribution in [2.24, 2.45) is 0 Å². The zero-order chi connectivity index (χ0) is 15.0. The molecule has 1 aliphatic rings. The molecule has 0 spiro atoms. The second kappa shape index (κ2) is 5.87. The number of carbonyl (C=O) groups excluding carboxylic acids is 1. The molecule has 0 saturated heterocycles. The highest BCUT2D eigenvalue weighted by molar-refractivity contribution is 9.10. The zero-order valence-corrected chi connectivity index (χ0v) is 13.8. The molecule has 0 saturated carbocycles. The number of alkyl halides is 1. The van der Waals surface area contributed by atoms with E-state index >= 15 is 0 Å². The number of hydrogen-bond acceptors (Lipinski definition) is 2. The molecule has 1 heterocycles. The number of fused-ring (bicyclic) bond motifs is 1. The molecule has 1 unspecified atom stereocenters. The van der Waals surface area contributed by atoms with Crippen molar-refractivity contribution in [3.05, 3.63) is 57.0 Å². The van der Waals surface area contributed by atoms with Gasteiger partial charge in [-0.1, -0.05) is 39.7 Å². The number of anilines is 1. The molecule has 0 bridgehead atoms. The standard InChI is InChI=1S/C15H10BrCl2NO2/c16-11-6-9(17)2-3-10(11)15(18)8-1-4-13-12(5-8)19-14(20)7-21-13/h1-6,15H,7H2,(H,19,20). The molecule has 1 aliphatic heterocycles. The maximum absolute atomic E-state index is 11.4. The Hall–Kier alpha value is -1.23. The molecule has 0 aliphatic carbocycles. The molecular weight excluding hydrogens is 377 g/mol. The number of halogens is 3. The van der Waals surface area contributed by atoms with Gasteiger partial charge in [0, 0.05) is 9.50 Å². The fourth-order valence-electron chi connectivity index (χ4n) is 2.14. The second-order valence-electron chi connectivity index (χ2n) is 4.62. The van der Waals surface area contributed by atoms with Crippen molar-refractivity contribution in [1.82, 2.24) is 0 Å². The number of benzene rings is 2. The Morgan fingerprint density at radius 3 is 2.81 bits per heavy atom. The fourth-order valence-corrected chi connectivity index (χ4v) is 3.51. The van der Waals surface area contributed by atoms with E-state index in [4.69, 9.17) is 27.9 Å². The summed E-state index contributed by atoms with van der Waals surface area (Å²) in [5.74, 6) is 0.482. The summed E-state index contributed by atoms with van der Waals surface area (Å²) in [6.07, 6.45) is 0. The molecule has 21 heavy (non-hydrogen) atoms. The van der Waals surface area contributed by atoms with Gasteiger partial charge in [-0.15, -0.1) is 11.6 Å². The maximum atomic E-state index is 11.4. The summed E-state index contributed by atoms with van der Waals surface area (Å²) in [7, 11) is 0. The van der Waals surface area contributed by atoms with Crippen LogP contribution in [0.1, 0.15) is 16.5 Å². The van der Waals surface area contributed by atoms with E-state index in [1.54, 1.807) is 12.1 Å². The van der Waals surface area contributed by atoms with Crippen LogP contribution >= 0.6 is 39.1 Å². The van der Waals surface area contributed by atoms with Crippen LogP contribution in [0.25, 0.3) is 0 Å². The van der Waals surface area contributed by atoms with Gasteiger partial charge in [-0.25, -0.2) is 0 Å². The van der Waals surface area contributed by atoms with Crippen molar-refractivity contribution in [1.29, 1.82) is 0 Å². The highest BCUT2D eigenvalue weighted by atomic mass is 79.9. The third kappa shape index (κ3) is 3.03. The van der Waals surface area contributed by atoms with Crippen LogP contribution in [0.4, 0.5) is 5.69 Å². The average Bonchev–Trinajstić information content (AvgIpc) is 2.46. The van der Waals surface area contributed by atoms with Crippen LogP contribution < -0.4 is 10.1 Å². The van der Waals surface area contributed by atoms with E-state index in [0.717, 1.165) is 15.6 Å². The fraction of sp³-hybridized carbons (Fsp3) is 0.133. The third-order valence-corrected chi connectivity index (χ3v) is 4.57. The lowest BCUT2D eigenvalue weighted by molar-refractivity contribution is -0.118. The van der Waals surface area contributed by atoms with Crippen molar-refractivity contribution in [2.45, 2.75) is 5.38 Å². The number of ether oxygens (including phenoxy) is 1. The summed E-state index contributed by atoms with van der Waals surface area (Å²) in [5, 5.41) is 3.05. The first kappa shape index (κ1) is 14.7. The number of hydrogen-bond donors (Lipinski definition) is 1. The van der Waals surface area contributed by atoms with E-state index < -0.39 is 0 Å². The maximum Gasteiger partial charge on any atom is 0.262 e. The predicted octanol–water partition coefficient (Wildman–Crippen LogP) is 4.76. The second-order valence-corrected chi connectivity index (χ2v) is 6.35. The van der Waals surface area contributed by atoms with Gasteiger partial charge in [-0.3, -0.25) is 4.79 Å². The Labute approximate surface area is 140 Å².